The van der Waals surface area contributed by atoms with Crippen LogP contribution < -0.4 is 5.32 Å². The van der Waals surface area contributed by atoms with Crippen molar-refractivity contribution in [1.29, 1.82) is 0 Å². The average Bonchev–Trinajstić information content (AvgIpc) is 2.40. The summed E-state index contributed by atoms with van der Waals surface area (Å²) in [5.41, 5.74) is 2.10. The van der Waals surface area contributed by atoms with Crippen LogP contribution >= 0.6 is 15.9 Å². The van der Waals surface area contributed by atoms with Crippen LogP contribution in [0.4, 0.5) is 5.69 Å². The number of hydrogen-bond acceptors (Lipinski definition) is 2. The van der Waals surface area contributed by atoms with Gasteiger partial charge >= 0.3 is 5.97 Å². The van der Waals surface area contributed by atoms with E-state index in [0.717, 1.165) is 28.2 Å². The van der Waals surface area contributed by atoms with Crippen LogP contribution in [0.2, 0.25) is 0 Å². The molecule has 0 heterocycles. The number of benzene rings is 1. The molecule has 19 heavy (non-hydrogen) atoms. The number of carbonyl (C=O) groups is 1. The van der Waals surface area contributed by atoms with Crippen LogP contribution in [0.3, 0.4) is 0 Å². The molecule has 0 saturated heterocycles. The Hall–Kier alpha value is -1.03. The highest BCUT2D eigenvalue weighted by Gasteiger charge is 2.15. The van der Waals surface area contributed by atoms with E-state index in [0.29, 0.717) is 5.56 Å². The normalized spacial score (nSPS) is 16.3. The summed E-state index contributed by atoms with van der Waals surface area (Å²) in [5, 5.41) is 12.6. The Kier molecular flexibility index (Phi) is 4.86. The molecule has 1 aromatic rings. The van der Waals surface area contributed by atoms with E-state index in [4.69, 9.17) is 0 Å². The molecular formula is C15H20BrNO2. The van der Waals surface area contributed by atoms with Crippen molar-refractivity contribution in [2.75, 3.05) is 11.9 Å². The largest absolute Gasteiger partial charge is 0.478 e. The Morgan fingerprint density at radius 1 is 1.37 bits per heavy atom. The van der Waals surface area contributed by atoms with Crippen molar-refractivity contribution in [3.8, 4) is 0 Å². The molecule has 3 nitrogen and oxygen atoms in total. The van der Waals surface area contributed by atoms with E-state index in [2.05, 4.69) is 21.2 Å². The number of anilines is 1. The molecule has 1 aromatic carbocycles. The van der Waals surface area contributed by atoms with E-state index in [9.17, 15) is 9.90 Å². The predicted octanol–water partition coefficient (Wildman–Crippen LogP) is 4.45. The zero-order chi connectivity index (χ0) is 13.8. The molecule has 0 unspecified atom stereocenters. The van der Waals surface area contributed by atoms with Crippen LogP contribution in [-0.2, 0) is 0 Å². The lowest BCUT2D eigenvalue weighted by Gasteiger charge is -2.23. The molecule has 0 bridgehead atoms. The third-order valence-electron chi connectivity index (χ3n) is 3.91. The fraction of sp³-hybridized carbons (Fsp3) is 0.533. The minimum atomic E-state index is -0.875. The first kappa shape index (κ1) is 14.4. The molecule has 0 radical (unpaired) electrons. The van der Waals surface area contributed by atoms with Crippen LogP contribution in [-0.4, -0.2) is 17.6 Å². The molecule has 2 N–H and O–H groups in total. The highest BCUT2D eigenvalue weighted by molar-refractivity contribution is 9.10. The first-order valence-electron chi connectivity index (χ1n) is 6.85. The number of aromatic carboxylic acids is 1. The van der Waals surface area contributed by atoms with Crippen molar-refractivity contribution in [2.45, 2.75) is 39.0 Å². The van der Waals surface area contributed by atoms with Crippen molar-refractivity contribution in [3.05, 3.63) is 27.7 Å². The second kappa shape index (κ2) is 6.42. The van der Waals surface area contributed by atoms with Crippen molar-refractivity contribution >= 4 is 27.6 Å². The Morgan fingerprint density at radius 2 is 2.05 bits per heavy atom. The molecule has 1 aliphatic carbocycles. The number of nitrogens with one attached hydrogen (secondary N) is 1. The van der Waals surface area contributed by atoms with Gasteiger partial charge in [-0.25, -0.2) is 4.79 Å². The van der Waals surface area contributed by atoms with Crippen LogP contribution in [0, 0.1) is 12.8 Å². The minimum Gasteiger partial charge on any atom is -0.478 e. The van der Waals surface area contributed by atoms with Gasteiger partial charge in [-0.1, -0.05) is 35.2 Å². The van der Waals surface area contributed by atoms with Crippen molar-refractivity contribution in [2.24, 2.45) is 5.92 Å². The standard InChI is InChI=1S/C15H20BrNO2/c1-10-13(15(18)19)7-12(16)8-14(10)17-9-11-5-3-2-4-6-11/h7-8,11,17H,2-6,9H2,1H3,(H,18,19). The van der Waals surface area contributed by atoms with E-state index < -0.39 is 5.97 Å². The number of halogens is 1. The summed E-state index contributed by atoms with van der Waals surface area (Å²) in [6.07, 6.45) is 6.57. The molecule has 1 saturated carbocycles. The fourth-order valence-corrected chi connectivity index (χ4v) is 3.19. The quantitative estimate of drug-likeness (QED) is 0.859. The Labute approximate surface area is 122 Å². The summed E-state index contributed by atoms with van der Waals surface area (Å²) in [4.78, 5) is 11.2. The van der Waals surface area contributed by atoms with Gasteiger partial charge in [0.05, 0.1) is 5.56 Å². The summed E-state index contributed by atoms with van der Waals surface area (Å²) >= 11 is 3.38. The molecule has 4 heteroatoms. The van der Waals surface area contributed by atoms with Gasteiger partial charge in [0.25, 0.3) is 0 Å². The van der Waals surface area contributed by atoms with Gasteiger partial charge in [-0.15, -0.1) is 0 Å². The average molecular weight is 326 g/mol. The molecule has 104 valence electrons. The van der Waals surface area contributed by atoms with E-state index in [1.54, 1.807) is 6.07 Å². The fourth-order valence-electron chi connectivity index (χ4n) is 2.73. The number of hydrogen-bond donors (Lipinski definition) is 2. The summed E-state index contributed by atoms with van der Waals surface area (Å²) < 4.78 is 0.807. The maximum absolute atomic E-state index is 11.2. The second-order valence-electron chi connectivity index (χ2n) is 5.32. The highest BCUT2D eigenvalue weighted by Crippen LogP contribution is 2.28. The second-order valence-corrected chi connectivity index (χ2v) is 6.23. The number of rotatable bonds is 4. The summed E-state index contributed by atoms with van der Waals surface area (Å²) in [6, 6.07) is 3.62. The maximum Gasteiger partial charge on any atom is 0.336 e. The molecule has 0 atom stereocenters. The monoisotopic (exact) mass is 325 g/mol. The molecule has 1 aliphatic rings. The minimum absolute atomic E-state index is 0.362. The number of carboxylic acids is 1. The van der Waals surface area contributed by atoms with Crippen LogP contribution in [0.5, 0.6) is 0 Å². The highest BCUT2D eigenvalue weighted by atomic mass is 79.9. The van der Waals surface area contributed by atoms with Gasteiger partial charge in [-0.2, -0.15) is 0 Å². The molecule has 1 fully saturated rings. The SMILES string of the molecule is Cc1c(NCC2CCCCC2)cc(Br)cc1C(=O)O. The van der Waals surface area contributed by atoms with Gasteiger partial charge in [0.1, 0.15) is 0 Å². The van der Waals surface area contributed by atoms with E-state index in [1.807, 2.05) is 13.0 Å². The summed E-state index contributed by atoms with van der Waals surface area (Å²) in [7, 11) is 0. The molecule has 0 aliphatic heterocycles. The maximum atomic E-state index is 11.2. The lowest BCUT2D eigenvalue weighted by Crippen LogP contribution is -2.18. The first-order chi connectivity index (χ1) is 9.08. The molecule has 0 aromatic heterocycles. The van der Waals surface area contributed by atoms with Gasteiger partial charge in [0.2, 0.25) is 0 Å². The van der Waals surface area contributed by atoms with E-state index >= 15 is 0 Å². The Bertz CT molecular complexity index is 467. The van der Waals surface area contributed by atoms with Gasteiger partial charge < -0.3 is 10.4 Å². The molecular weight excluding hydrogens is 306 g/mol. The smallest absolute Gasteiger partial charge is 0.336 e. The zero-order valence-corrected chi connectivity index (χ0v) is 12.8. The van der Waals surface area contributed by atoms with Gasteiger partial charge in [-0.05, 0) is 43.4 Å². The van der Waals surface area contributed by atoms with Crippen molar-refractivity contribution < 1.29 is 9.90 Å². The van der Waals surface area contributed by atoms with E-state index in [1.165, 1.54) is 32.1 Å². The summed E-state index contributed by atoms with van der Waals surface area (Å²) in [6.45, 7) is 2.80. The third kappa shape index (κ3) is 3.72. The van der Waals surface area contributed by atoms with Crippen LogP contribution in [0.25, 0.3) is 0 Å². The molecule has 0 amide bonds. The molecule has 2 rings (SSSR count). The topological polar surface area (TPSA) is 49.3 Å². The predicted molar refractivity (Wildman–Crippen MR) is 80.9 cm³/mol. The van der Waals surface area contributed by atoms with Crippen LogP contribution in [0.1, 0.15) is 48.0 Å². The Morgan fingerprint density at radius 3 is 2.68 bits per heavy atom. The number of carboxylic acid groups (broad SMARTS) is 1. The van der Waals surface area contributed by atoms with Crippen molar-refractivity contribution in [1.82, 2.24) is 0 Å². The zero-order valence-electron chi connectivity index (χ0n) is 11.2. The van der Waals surface area contributed by atoms with E-state index in [-0.39, 0.29) is 0 Å². The van der Waals surface area contributed by atoms with Crippen molar-refractivity contribution in [3.63, 3.8) is 0 Å². The summed E-state index contributed by atoms with van der Waals surface area (Å²) in [5.74, 6) is -0.153. The Balaban J connectivity index is 2.08. The van der Waals surface area contributed by atoms with Gasteiger partial charge in [-0.3, -0.25) is 0 Å². The lowest BCUT2D eigenvalue weighted by molar-refractivity contribution is 0.0696. The molecule has 0 spiro atoms. The van der Waals surface area contributed by atoms with Gasteiger partial charge in [0.15, 0.2) is 0 Å². The lowest BCUT2D eigenvalue weighted by atomic mass is 9.89. The van der Waals surface area contributed by atoms with Crippen LogP contribution in [0.15, 0.2) is 16.6 Å². The van der Waals surface area contributed by atoms with Gasteiger partial charge in [0, 0.05) is 16.7 Å². The third-order valence-corrected chi connectivity index (χ3v) is 4.37. The first-order valence-corrected chi connectivity index (χ1v) is 7.64.